The number of anilines is 1. The Morgan fingerprint density at radius 3 is 2.57 bits per heavy atom. The molecule has 1 aliphatic rings. The van der Waals surface area contributed by atoms with E-state index in [1.165, 1.54) is 11.8 Å². The molecule has 0 unspecified atom stereocenters. The summed E-state index contributed by atoms with van der Waals surface area (Å²) in [7, 11) is 1.64. The zero-order valence-electron chi connectivity index (χ0n) is 19.5. The molecule has 0 N–H and O–H groups in total. The fourth-order valence-corrected chi connectivity index (χ4v) is 5.09. The molecule has 0 atom stereocenters. The number of imidazole rings is 1. The van der Waals surface area contributed by atoms with Crippen LogP contribution in [0.2, 0.25) is 0 Å². The van der Waals surface area contributed by atoms with Crippen LogP contribution in [0.4, 0.5) is 5.88 Å². The Kier molecular flexibility index (Phi) is 6.33. The molecule has 0 bridgehead atoms. The molecule has 0 spiro atoms. The Hall–Kier alpha value is -3.97. The minimum atomic E-state index is 0.0530. The monoisotopic (exact) mass is 488 g/mol. The first-order chi connectivity index (χ1) is 17.1. The van der Waals surface area contributed by atoms with Gasteiger partial charge < -0.3 is 19.0 Å². The number of thioether (sulfide) groups is 1. The first kappa shape index (κ1) is 22.8. The summed E-state index contributed by atoms with van der Waals surface area (Å²) in [6.07, 6.45) is 0. The number of para-hydroxylation sites is 2. The van der Waals surface area contributed by atoms with Crippen molar-refractivity contribution in [2.24, 2.45) is 0 Å². The second-order valence-electron chi connectivity index (χ2n) is 8.07. The molecule has 10 heteroatoms. The summed E-state index contributed by atoms with van der Waals surface area (Å²) in [5.74, 6) is 2.07. The molecule has 178 valence electrons. The highest BCUT2D eigenvalue weighted by Gasteiger charge is 2.26. The summed E-state index contributed by atoms with van der Waals surface area (Å²) in [5.41, 5.74) is 3.10. The van der Waals surface area contributed by atoms with Gasteiger partial charge in [-0.3, -0.25) is 9.36 Å². The third-order valence-electron chi connectivity index (χ3n) is 5.93. The molecular weight excluding hydrogens is 464 g/mol. The topological polar surface area (TPSA) is 100 Å². The fourth-order valence-electron chi connectivity index (χ4n) is 4.16. The quantitative estimate of drug-likeness (QED) is 0.379. The van der Waals surface area contributed by atoms with Crippen molar-refractivity contribution in [1.29, 1.82) is 5.26 Å². The SMILES string of the molecule is COc1ccc(-n2c(SCC(=O)N3CCN(c4oc(C)nc4C#N)CC3)nc3ccccc32)cc1. The van der Waals surface area contributed by atoms with E-state index in [1.54, 1.807) is 14.0 Å². The number of rotatable bonds is 6. The van der Waals surface area contributed by atoms with Crippen molar-refractivity contribution in [3.8, 4) is 17.5 Å². The Morgan fingerprint density at radius 1 is 1.11 bits per heavy atom. The summed E-state index contributed by atoms with van der Waals surface area (Å²) in [5, 5.41) is 10.0. The Labute approximate surface area is 206 Å². The van der Waals surface area contributed by atoms with Crippen LogP contribution in [-0.2, 0) is 4.79 Å². The number of hydrogen-bond acceptors (Lipinski definition) is 8. The maximum absolute atomic E-state index is 13.0. The molecule has 2 aromatic heterocycles. The zero-order valence-corrected chi connectivity index (χ0v) is 20.3. The lowest BCUT2D eigenvalue weighted by Crippen LogP contribution is -2.49. The Balaban J connectivity index is 1.28. The molecule has 3 heterocycles. The van der Waals surface area contributed by atoms with Gasteiger partial charge in [0.25, 0.3) is 0 Å². The van der Waals surface area contributed by atoms with E-state index in [4.69, 9.17) is 14.1 Å². The third kappa shape index (κ3) is 4.55. The summed E-state index contributed by atoms with van der Waals surface area (Å²) < 4.78 is 13.0. The lowest BCUT2D eigenvalue weighted by atomic mass is 10.2. The number of methoxy groups -OCH3 is 1. The molecule has 1 fully saturated rings. The summed E-state index contributed by atoms with van der Waals surface area (Å²) >= 11 is 1.43. The first-order valence-electron chi connectivity index (χ1n) is 11.2. The van der Waals surface area contributed by atoms with Crippen molar-refractivity contribution >= 4 is 34.6 Å². The number of oxazole rings is 1. The van der Waals surface area contributed by atoms with Crippen LogP contribution < -0.4 is 9.64 Å². The number of ether oxygens (including phenoxy) is 1. The predicted molar refractivity (Wildman–Crippen MR) is 133 cm³/mol. The molecule has 1 saturated heterocycles. The van der Waals surface area contributed by atoms with E-state index in [2.05, 4.69) is 15.6 Å². The number of carbonyl (C=O) groups is 1. The van der Waals surface area contributed by atoms with Crippen LogP contribution in [0.3, 0.4) is 0 Å². The molecular formula is C25H24N6O3S. The minimum absolute atomic E-state index is 0.0530. The van der Waals surface area contributed by atoms with Gasteiger partial charge in [-0.1, -0.05) is 23.9 Å². The molecule has 0 saturated carbocycles. The number of hydrogen-bond donors (Lipinski definition) is 0. The van der Waals surface area contributed by atoms with Crippen molar-refractivity contribution in [2.75, 3.05) is 43.9 Å². The van der Waals surface area contributed by atoms with Gasteiger partial charge in [0, 0.05) is 38.8 Å². The highest BCUT2D eigenvalue weighted by Crippen LogP contribution is 2.29. The maximum atomic E-state index is 13.0. The molecule has 9 nitrogen and oxygen atoms in total. The van der Waals surface area contributed by atoms with Gasteiger partial charge in [-0.25, -0.2) is 9.97 Å². The van der Waals surface area contributed by atoms with Crippen LogP contribution in [0, 0.1) is 18.3 Å². The van der Waals surface area contributed by atoms with E-state index in [1.807, 2.05) is 58.3 Å². The minimum Gasteiger partial charge on any atom is -0.497 e. The zero-order chi connectivity index (χ0) is 24.4. The molecule has 2 aromatic carbocycles. The highest BCUT2D eigenvalue weighted by molar-refractivity contribution is 7.99. The van der Waals surface area contributed by atoms with Crippen molar-refractivity contribution in [2.45, 2.75) is 12.1 Å². The second-order valence-corrected chi connectivity index (χ2v) is 9.01. The summed E-state index contributed by atoms with van der Waals surface area (Å²) in [6.45, 7) is 4.01. The van der Waals surface area contributed by atoms with Crippen LogP contribution >= 0.6 is 11.8 Å². The average Bonchev–Trinajstić information content (AvgIpc) is 3.47. The molecule has 0 aliphatic carbocycles. The Morgan fingerprint density at radius 2 is 1.86 bits per heavy atom. The van der Waals surface area contributed by atoms with Gasteiger partial charge in [0.2, 0.25) is 17.5 Å². The number of fused-ring (bicyclic) bond motifs is 1. The number of amides is 1. The van der Waals surface area contributed by atoms with Crippen LogP contribution in [-0.4, -0.2) is 64.4 Å². The van der Waals surface area contributed by atoms with Crippen molar-refractivity contribution in [3.05, 3.63) is 60.1 Å². The van der Waals surface area contributed by atoms with E-state index in [0.717, 1.165) is 27.6 Å². The van der Waals surface area contributed by atoms with Gasteiger partial charge in [-0.2, -0.15) is 5.26 Å². The standard InChI is InChI=1S/C25H24N6O3S/c1-17-27-21(15-26)24(34-17)30-13-11-29(12-14-30)23(32)16-35-25-28-20-5-3-4-6-22(20)31(25)18-7-9-19(33-2)10-8-18/h3-10H,11-14,16H2,1-2H3. The van der Waals surface area contributed by atoms with Crippen molar-refractivity contribution in [3.63, 3.8) is 0 Å². The first-order valence-corrected chi connectivity index (χ1v) is 12.2. The van der Waals surface area contributed by atoms with Gasteiger partial charge in [0.1, 0.15) is 11.8 Å². The number of aryl methyl sites for hydroxylation is 1. The van der Waals surface area contributed by atoms with Crippen LogP contribution in [0.1, 0.15) is 11.6 Å². The number of nitriles is 1. The van der Waals surface area contributed by atoms with Gasteiger partial charge in [0.05, 0.1) is 23.9 Å². The van der Waals surface area contributed by atoms with Crippen LogP contribution in [0.25, 0.3) is 16.7 Å². The van der Waals surface area contributed by atoms with Gasteiger partial charge in [-0.05, 0) is 36.4 Å². The van der Waals surface area contributed by atoms with E-state index in [9.17, 15) is 10.1 Å². The normalized spacial score (nSPS) is 13.7. The van der Waals surface area contributed by atoms with Crippen LogP contribution in [0.5, 0.6) is 5.75 Å². The number of piperazine rings is 1. The highest BCUT2D eigenvalue weighted by atomic mass is 32.2. The van der Waals surface area contributed by atoms with E-state index >= 15 is 0 Å². The fraction of sp³-hybridized carbons (Fsp3) is 0.280. The number of benzene rings is 2. The Bertz CT molecular complexity index is 1400. The smallest absolute Gasteiger partial charge is 0.234 e. The molecule has 1 aliphatic heterocycles. The lowest BCUT2D eigenvalue weighted by molar-refractivity contribution is -0.128. The third-order valence-corrected chi connectivity index (χ3v) is 6.85. The second kappa shape index (κ2) is 9.72. The molecule has 0 radical (unpaired) electrons. The largest absolute Gasteiger partial charge is 0.497 e. The van der Waals surface area contributed by atoms with Crippen LogP contribution in [0.15, 0.2) is 58.1 Å². The molecule has 4 aromatic rings. The van der Waals surface area contributed by atoms with E-state index in [-0.39, 0.29) is 17.4 Å². The maximum Gasteiger partial charge on any atom is 0.234 e. The van der Waals surface area contributed by atoms with Gasteiger partial charge >= 0.3 is 0 Å². The summed E-state index contributed by atoms with van der Waals surface area (Å²) in [4.78, 5) is 25.8. The molecule has 35 heavy (non-hydrogen) atoms. The average molecular weight is 489 g/mol. The van der Waals surface area contributed by atoms with Gasteiger partial charge in [0.15, 0.2) is 11.0 Å². The van der Waals surface area contributed by atoms with E-state index < -0.39 is 0 Å². The summed E-state index contributed by atoms with van der Waals surface area (Å²) in [6, 6.07) is 17.8. The number of aromatic nitrogens is 3. The number of nitrogens with zero attached hydrogens (tertiary/aromatic N) is 6. The molecule has 1 amide bonds. The van der Waals surface area contributed by atoms with E-state index in [0.29, 0.717) is 38.0 Å². The predicted octanol–water partition coefficient (Wildman–Crippen LogP) is 3.64. The number of carbonyl (C=O) groups excluding carboxylic acids is 1. The van der Waals surface area contributed by atoms with Gasteiger partial charge in [-0.15, -0.1) is 0 Å². The lowest BCUT2D eigenvalue weighted by Gasteiger charge is -2.34. The van der Waals surface area contributed by atoms with Crippen molar-refractivity contribution < 1.29 is 13.9 Å². The van der Waals surface area contributed by atoms with Crippen molar-refractivity contribution in [1.82, 2.24) is 19.4 Å². The molecule has 5 rings (SSSR count).